The first-order valence-corrected chi connectivity index (χ1v) is 6.12. The Labute approximate surface area is 111 Å². The number of likely N-dealkylation sites (tertiary alicyclic amines) is 1. The molecule has 1 aromatic heterocycles. The number of nitrogens with one attached hydrogen (secondary N) is 1. The van der Waals surface area contributed by atoms with Crippen LogP contribution < -0.4 is 5.32 Å². The predicted octanol–water partition coefficient (Wildman–Crippen LogP) is 0.505. The molecule has 1 aliphatic heterocycles. The number of hydrogen-bond donors (Lipinski definition) is 2. The van der Waals surface area contributed by atoms with Crippen molar-refractivity contribution in [1.82, 2.24) is 15.2 Å². The van der Waals surface area contributed by atoms with Crippen molar-refractivity contribution < 1.29 is 9.90 Å². The van der Waals surface area contributed by atoms with Crippen LogP contribution in [0.15, 0.2) is 18.5 Å². The van der Waals surface area contributed by atoms with Gasteiger partial charge in [-0.25, -0.2) is 0 Å². The quantitative estimate of drug-likeness (QED) is 0.808. The molecule has 0 aromatic carbocycles. The number of carbonyl (C=O) groups excluding carboxylic acids is 1. The third-order valence-electron chi connectivity index (χ3n) is 3.45. The van der Waals surface area contributed by atoms with Gasteiger partial charge < -0.3 is 15.3 Å². The van der Waals surface area contributed by atoms with Crippen molar-refractivity contribution >= 4 is 5.91 Å². The second kappa shape index (κ2) is 5.24. The Morgan fingerprint density at radius 1 is 1.58 bits per heavy atom. The van der Waals surface area contributed by atoms with Crippen LogP contribution in [0.25, 0.3) is 0 Å². The van der Waals surface area contributed by atoms with Gasteiger partial charge in [-0.2, -0.15) is 5.26 Å². The molecule has 1 saturated heterocycles. The molecule has 0 atom stereocenters. The summed E-state index contributed by atoms with van der Waals surface area (Å²) < 4.78 is 0. The van der Waals surface area contributed by atoms with Gasteiger partial charge in [-0.3, -0.25) is 9.78 Å². The summed E-state index contributed by atoms with van der Waals surface area (Å²) in [4.78, 5) is 18.0. The third-order valence-corrected chi connectivity index (χ3v) is 3.45. The van der Waals surface area contributed by atoms with Crippen LogP contribution >= 0.6 is 0 Å². The highest BCUT2D eigenvalue weighted by atomic mass is 16.3. The number of nitrogens with zero attached hydrogens (tertiary/aromatic N) is 3. The molecule has 1 aliphatic rings. The topological polar surface area (TPSA) is 89.3 Å². The van der Waals surface area contributed by atoms with Crippen molar-refractivity contribution in [3.8, 4) is 11.8 Å². The Morgan fingerprint density at radius 2 is 2.26 bits per heavy atom. The molecule has 2 heterocycles. The van der Waals surface area contributed by atoms with E-state index in [9.17, 15) is 15.2 Å². The number of nitriles is 1. The van der Waals surface area contributed by atoms with Crippen LogP contribution in [-0.4, -0.2) is 46.6 Å². The first-order valence-electron chi connectivity index (χ1n) is 6.12. The lowest BCUT2D eigenvalue weighted by Crippen LogP contribution is -2.53. The summed E-state index contributed by atoms with van der Waals surface area (Å²) in [7, 11) is 1.98. The van der Waals surface area contributed by atoms with E-state index in [1.807, 2.05) is 7.05 Å². The molecule has 19 heavy (non-hydrogen) atoms. The smallest absolute Gasteiger partial charge is 0.256 e. The first-order chi connectivity index (χ1) is 9.06. The average molecular weight is 260 g/mol. The van der Waals surface area contributed by atoms with Crippen molar-refractivity contribution in [2.75, 3.05) is 20.1 Å². The summed E-state index contributed by atoms with van der Waals surface area (Å²) in [5.41, 5.74) is -0.706. The Kier molecular flexibility index (Phi) is 3.67. The highest BCUT2D eigenvalue weighted by Gasteiger charge is 2.35. The zero-order valence-electron chi connectivity index (χ0n) is 10.8. The van der Waals surface area contributed by atoms with Gasteiger partial charge in [0, 0.05) is 19.3 Å². The normalized spacial score (nSPS) is 18.5. The van der Waals surface area contributed by atoms with Crippen molar-refractivity contribution in [2.45, 2.75) is 18.4 Å². The van der Waals surface area contributed by atoms with Crippen molar-refractivity contribution in [3.63, 3.8) is 0 Å². The third kappa shape index (κ3) is 2.83. The molecule has 0 radical (unpaired) electrons. The Balaban J connectivity index is 2.14. The van der Waals surface area contributed by atoms with Crippen LogP contribution in [0.2, 0.25) is 0 Å². The number of piperidine rings is 1. The fourth-order valence-corrected chi connectivity index (χ4v) is 2.13. The number of pyridine rings is 1. The maximum absolute atomic E-state index is 12.1. The number of aromatic hydroxyl groups is 1. The number of amides is 1. The van der Waals surface area contributed by atoms with Gasteiger partial charge in [-0.15, -0.1) is 0 Å². The van der Waals surface area contributed by atoms with Crippen LogP contribution in [0.4, 0.5) is 0 Å². The number of rotatable bonds is 2. The molecule has 6 heteroatoms. The second-order valence-electron chi connectivity index (χ2n) is 4.84. The van der Waals surface area contributed by atoms with Crippen molar-refractivity contribution in [1.29, 1.82) is 5.26 Å². The minimum absolute atomic E-state index is 0.142. The maximum atomic E-state index is 12.1. The molecule has 2 rings (SSSR count). The van der Waals surface area contributed by atoms with Crippen LogP contribution in [0, 0.1) is 11.3 Å². The summed E-state index contributed by atoms with van der Waals surface area (Å²) >= 11 is 0. The predicted molar refractivity (Wildman–Crippen MR) is 68.4 cm³/mol. The van der Waals surface area contributed by atoms with Crippen LogP contribution in [0.5, 0.6) is 5.75 Å². The number of hydrogen-bond acceptors (Lipinski definition) is 5. The molecule has 0 spiro atoms. The van der Waals surface area contributed by atoms with E-state index in [0.29, 0.717) is 12.8 Å². The molecule has 0 saturated carbocycles. The van der Waals surface area contributed by atoms with Gasteiger partial charge in [0.1, 0.15) is 11.3 Å². The first kappa shape index (κ1) is 13.3. The Bertz CT molecular complexity index is 516. The molecule has 100 valence electrons. The van der Waals surface area contributed by atoms with Gasteiger partial charge in [-0.05, 0) is 26.0 Å². The molecular weight excluding hydrogens is 244 g/mol. The molecule has 1 aromatic rings. The molecular formula is C13H16N4O2. The van der Waals surface area contributed by atoms with Crippen LogP contribution in [-0.2, 0) is 0 Å². The zero-order valence-corrected chi connectivity index (χ0v) is 10.8. The fraction of sp³-hybridized carbons (Fsp3) is 0.462. The van der Waals surface area contributed by atoms with Gasteiger partial charge >= 0.3 is 0 Å². The lowest BCUT2D eigenvalue weighted by molar-refractivity contribution is 0.0879. The number of aromatic nitrogens is 1. The standard InChI is InChI=1S/C13H16N4O2/c1-17-6-3-13(9-14,4-7-17)16-12(19)10-2-5-15-8-11(10)18/h2,5,8,18H,3-4,6-7H2,1H3,(H,16,19). The lowest BCUT2D eigenvalue weighted by atomic mass is 9.89. The molecule has 0 aliphatic carbocycles. The van der Waals surface area contributed by atoms with E-state index in [1.165, 1.54) is 18.5 Å². The Morgan fingerprint density at radius 3 is 2.84 bits per heavy atom. The van der Waals surface area contributed by atoms with Crippen molar-refractivity contribution in [2.24, 2.45) is 0 Å². The zero-order chi connectivity index (χ0) is 13.9. The largest absolute Gasteiger partial charge is 0.505 e. The highest BCUT2D eigenvalue weighted by molar-refractivity contribution is 5.97. The second-order valence-corrected chi connectivity index (χ2v) is 4.84. The Hall–Kier alpha value is -2.13. The van der Waals surface area contributed by atoms with E-state index in [0.717, 1.165) is 13.1 Å². The highest BCUT2D eigenvalue weighted by Crippen LogP contribution is 2.22. The van der Waals surface area contributed by atoms with Gasteiger partial charge in [0.2, 0.25) is 0 Å². The SMILES string of the molecule is CN1CCC(C#N)(NC(=O)c2ccncc2O)CC1. The average Bonchev–Trinajstić information content (AvgIpc) is 2.42. The molecule has 1 fully saturated rings. The van der Waals surface area contributed by atoms with Crippen molar-refractivity contribution in [3.05, 3.63) is 24.0 Å². The summed E-state index contributed by atoms with van der Waals surface area (Å²) in [6.45, 7) is 1.52. The molecule has 6 nitrogen and oxygen atoms in total. The maximum Gasteiger partial charge on any atom is 0.256 e. The van der Waals surface area contributed by atoms with E-state index in [-0.39, 0.29) is 11.3 Å². The van der Waals surface area contributed by atoms with E-state index < -0.39 is 11.4 Å². The minimum atomic E-state index is -0.848. The lowest BCUT2D eigenvalue weighted by Gasteiger charge is -2.36. The minimum Gasteiger partial charge on any atom is -0.505 e. The van der Waals surface area contributed by atoms with Gasteiger partial charge in [0.25, 0.3) is 5.91 Å². The summed E-state index contributed by atoms with van der Waals surface area (Å²) in [6.07, 6.45) is 3.81. The van der Waals surface area contributed by atoms with Gasteiger partial charge in [0.05, 0.1) is 17.8 Å². The van der Waals surface area contributed by atoms with Gasteiger partial charge in [0.15, 0.2) is 0 Å². The molecule has 2 N–H and O–H groups in total. The monoisotopic (exact) mass is 260 g/mol. The fourth-order valence-electron chi connectivity index (χ4n) is 2.13. The van der Waals surface area contributed by atoms with Crippen LogP contribution in [0.3, 0.4) is 0 Å². The summed E-state index contributed by atoms with van der Waals surface area (Å²) in [5.74, 6) is -0.618. The summed E-state index contributed by atoms with van der Waals surface area (Å²) in [6, 6.07) is 3.64. The molecule has 1 amide bonds. The van der Waals surface area contributed by atoms with E-state index >= 15 is 0 Å². The number of carbonyl (C=O) groups is 1. The summed E-state index contributed by atoms with van der Waals surface area (Å²) in [5, 5.41) is 21.7. The van der Waals surface area contributed by atoms with E-state index in [1.54, 1.807) is 0 Å². The van der Waals surface area contributed by atoms with Gasteiger partial charge in [-0.1, -0.05) is 0 Å². The molecule has 0 bridgehead atoms. The van der Waals surface area contributed by atoms with E-state index in [2.05, 4.69) is 21.3 Å². The van der Waals surface area contributed by atoms with Crippen LogP contribution in [0.1, 0.15) is 23.2 Å². The molecule has 0 unspecified atom stereocenters. The van der Waals surface area contributed by atoms with E-state index in [4.69, 9.17) is 0 Å².